The number of carbonyl (C=O) groups excluding carboxylic acids is 1. The molecule has 2 aromatic carbocycles. The van der Waals surface area contributed by atoms with E-state index in [2.05, 4.69) is 9.88 Å². The van der Waals surface area contributed by atoms with Gasteiger partial charge in [0.2, 0.25) is 0 Å². The van der Waals surface area contributed by atoms with Crippen molar-refractivity contribution in [2.45, 2.75) is 0 Å². The summed E-state index contributed by atoms with van der Waals surface area (Å²) < 4.78 is 39.4. The third-order valence-electron chi connectivity index (χ3n) is 5.47. The van der Waals surface area contributed by atoms with Crippen molar-refractivity contribution in [3.8, 4) is 0 Å². The van der Waals surface area contributed by atoms with Crippen molar-refractivity contribution in [3.63, 3.8) is 0 Å². The van der Waals surface area contributed by atoms with Gasteiger partial charge in [0.15, 0.2) is 22.1 Å². The Morgan fingerprint density at radius 2 is 1.91 bits per heavy atom. The number of morpholine rings is 1. The van der Waals surface area contributed by atoms with Crippen LogP contribution in [0.5, 0.6) is 0 Å². The van der Waals surface area contributed by atoms with Crippen LogP contribution in [0.4, 0.5) is 13.9 Å². The van der Waals surface area contributed by atoms with Gasteiger partial charge in [-0.1, -0.05) is 23.5 Å². The van der Waals surface area contributed by atoms with Gasteiger partial charge in [-0.2, -0.15) is 0 Å². The molecule has 0 bridgehead atoms. The maximum absolute atomic E-state index is 14.3. The van der Waals surface area contributed by atoms with Gasteiger partial charge >= 0.3 is 0 Å². The number of aromatic nitrogens is 1. The molecule has 1 aliphatic heterocycles. The van der Waals surface area contributed by atoms with E-state index in [1.165, 1.54) is 11.0 Å². The van der Waals surface area contributed by atoms with Crippen LogP contribution in [0.3, 0.4) is 0 Å². The standard InChI is InChI=1S/C23H19F2N3O4S.ClH/c24-14-11-16(25)21-20(12-14)33-23(26-21)28(6-5-27-7-9-31-10-8-27)22(30)19-13-17(29)15-3-1-2-4-18(15)32-19;/h1-4,11-13H,5-10H2;1H. The summed E-state index contributed by atoms with van der Waals surface area (Å²) in [6, 6.07) is 9.75. The van der Waals surface area contributed by atoms with E-state index in [1.807, 2.05) is 0 Å². The average Bonchev–Trinajstić information content (AvgIpc) is 3.24. The fourth-order valence-corrected chi connectivity index (χ4v) is 4.78. The minimum Gasteiger partial charge on any atom is -0.451 e. The highest BCUT2D eigenvalue weighted by Crippen LogP contribution is 2.32. The molecule has 3 heterocycles. The Morgan fingerprint density at radius 1 is 1.15 bits per heavy atom. The normalized spacial score (nSPS) is 14.3. The van der Waals surface area contributed by atoms with Crippen LogP contribution in [0.2, 0.25) is 0 Å². The molecule has 1 saturated heterocycles. The first kappa shape index (κ1) is 24.2. The van der Waals surface area contributed by atoms with Crippen molar-refractivity contribution in [1.29, 1.82) is 0 Å². The van der Waals surface area contributed by atoms with Gasteiger partial charge in [0.25, 0.3) is 5.91 Å². The zero-order valence-corrected chi connectivity index (χ0v) is 19.5. The number of anilines is 1. The number of hydrogen-bond donors (Lipinski definition) is 0. The Balaban J connectivity index is 0.00000274. The van der Waals surface area contributed by atoms with Crippen LogP contribution in [0, 0.1) is 11.6 Å². The molecular formula is C23H20ClF2N3O4S. The Bertz CT molecular complexity index is 1400. The van der Waals surface area contributed by atoms with Gasteiger partial charge in [0, 0.05) is 38.3 Å². The maximum atomic E-state index is 14.3. The van der Waals surface area contributed by atoms with E-state index in [1.54, 1.807) is 24.3 Å². The van der Waals surface area contributed by atoms with E-state index in [9.17, 15) is 18.4 Å². The topological polar surface area (TPSA) is 75.9 Å². The molecule has 1 aliphatic rings. The number of carbonyl (C=O) groups is 1. The summed E-state index contributed by atoms with van der Waals surface area (Å²) in [7, 11) is 0. The molecule has 2 aromatic heterocycles. The van der Waals surface area contributed by atoms with E-state index < -0.39 is 17.5 Å². The molecule has 4 aromatic rings. The molecule has 0 saturated carbocycles. The smallest absolute Gasteiger partial charge is 0.295 e. The zero-order valence-electron chi connectivity index (χ0n) is 17.8. The average molecular weight is 508 g/mol. The summed E-state index contributed by atoms with van der Waals surface area (Å²) in [5, 5.41) is 0.565. The first-order valence-electron chi connectivity index (χ1n) is 10.4. The first-order chi connectivity index (χ1) is 16.0. The highest BCUT2D eigenvalue weighted by molar-refractivity contribution is 7.22. The predicted octanol–water partition coefficient (Wildman–Crippen LogP) is 4.08. The van der Waals surface area contributed by atoms with Gasteiger partial charge < -0.3 is 9.15 Å². The minimum atomic E-state index is -0.801. The Morgan fingerprint density at radius 3 is 2.71 bits per heavy atom. The second-order valence-corrected chi connectivity index (χ2v) is 8.62. The molecule has 34 heavy (non-hydrogen) atoms. The summed E-state index contributed by atoms with van der Waals surface area (Å²) in [6.45, 7) is 3.36. The third-order valence-corrected chi connectivity index (χ3v) is 6.49. The number of benzene rings is 2. The molecule has 0 radical (unpaired) electrons. The molecule has 1 fully saturated rings. The number of rotatable bonds is 5. The third kappa shape index (κ3) is 4.80. The van der Waals surface area contributed by atoms with Crippen LogP contribution in [-0.4, -0.2) is 55.2 Å². The van der Waals surface area contributed by atoms with Gasteiger partial charge in [-0.3, -0.25) is 19.4 Å². The lowest BCUT2D eigenvalue weighted by Crippen LogP contribution is -2.43. The summed E-state index contributed by atoms with van der Waals surface area (Å²) in [5.74, 6) is -2.25. The lowest BCUT2D eigenvalue weighted by molar-refractivity contribution is 0.0390. The van der Waals surface area contributed by atoms with Crippen LogP contribution in [-0.2, 0) is 4.74 Å². The molecule has 5 rings (SSSR count). The first-order valence-corrected chi connectivity index (χ1v) is 11.2. The van der Waals surface area contributed by atoms with Gasteiger partial charge in [-0.25, -0.2) is 13.8 Å². The fourth-order valence-electron chi connectivity index (χ4n) is 3.75. The molecule has 0 spiro atoms. The van der Waals surface area contributed by atoms with Crippen molar-refractivity contribution in [2.75, 3.05) is 44.3 Å². The number of para-hydroxylation sites is 1. The van der Waals surface area contributed by atoms with E-state index >= 15 is 0 Å². The van der Waals surface area contributed by atoms with Crippen molar-refractivity contribution in [1.82, 2.24) is 9.88 Å². The summed E-state index contributed by atoms with van der Waals surface area (Å²) in [5.41, 5.74) is -0.0647. The molecule has 7 nitrogen and oxygen atoms in total. The summed E-state index contributed by atoms with van der Waals surface area (Å²) in [4.78, 5) is 33.8. The molecule has 0 aliphatic carbocycles. The second-order valence-electron chi connectivity index (χ2n) is 7.61. The van der Waals surface area contributed by atoms with E-state index in [-0.39, 0.29) is 45.5 Å². The van der Waals surface area contributed by atoms with Crippen LogP contribution < -0.4 is 10.3 Å². The largest absolute Gasteiger partial charge is 0.451 e. The number of halogens is 3. The highest BCUT2D eigenvalue weighted by atomic mass is 35.5. The Labute approximate surface area is 203 Å². The molecular weight excluding hydrogens is 488 g/mol. The fraction of sp³-hybridized carbons (Fsp3) is 0.261. The molecule has 1 amide bonds. The van der Waals surface area contributed by atoms with Gasteiger partial charge in [0.1, 0.15) is 16.9 Å². The number of thiazole rings is 1. The number of hydrogen-bond acceptors (Lipinski definition) is 7. The van der Waals surface area contributed by atoms with Crippen LogP contribution in [0.25, 0.3) is 21.2 Å². The van der Waals surface area contributed by atoms with Gasteiger partial charge in [-0.15, -0.1) is 12.4 Å². The highest BCUT2D eigenvalue weighted by Gasteiger charge is 2.26. The van der Waals surface area contributed by atoms with Gasteiger partial charge in [0.05, 0.1) is 23.3 Å². The quantitative estimate of drug-likeness (QED) is 0.405. The van der Waals surface area contributed by atoms with E-state index in [0.29, 0.717) is 43.8 Å². The SMILES string of the molecule is Cl.O=C(c1cc(=O)c2ccccc2o1)N(CCN1CCOCC1)c1nc2c(F)cc(F)cc2s1. The lowest BCUT2D eigenvalue weighted by atomic mass is 10.2. The summed E-state index contributed by atoms with van der Waals surface area (Å²) in [6.07, 6.45) is 0. The van der Waals surface area contributed by atoms with Crippen molar-refractivity contribution in [3.05, 3.63) is 70.1 Å². The number of ether oxygens (including phenoxy) is 1. The predicted molar refractivity (Wildman–Crippen MR) is 128 cm³/mol. The van der Waals surface area contributed by atoms with Crippen LogP contribution in [0.15, 0.2) is 51.7 Å². The lowest BCUT2D eigenvalue weighted by Gasteiger charge is -2.29. The molecule has 0 atom stereocenters. The Kier molecular flexibility index (Phi) is 7.22. The summed E-state index contributed by atoms with van der Waals surface area (Å²) >= 11 is 1.00. The van der Waals surface area contributed by atoms with E-state index in [0.717, 1.165) is 23.5 Å². The van der Waals surface area contributed by atoms with Crippen molar-refractivity contribution < 1.29 is 22.7 Å². The molecule has 178 valence electrons. The van der Waals surface area contributed by atoms with Crippen LogP contribution >= 0.6 is 23.7 Å². The van der Waals surface area contributed by atoms with Crippen molar-refractivity contribution in [2.24, 2.45) is 0 Å². The number of fused-ring (bicyclic) bond motifs is 2. The van der Waals surface area contributed by atoms with Crippen molar-refractivity contribution >= 4 is 56.0 Å². The minimum absolute atomic E-state index is 0. The second kappa shape index (κ2) is 10.1. The van der Waals surface area contributed by atoms with E-state index in [4.69, 9.17) is 9.15 Å². The monoisotopic (exact) mass is 507 g/mol. The maximum Gasteiger partial charge on any atom is 0.295 e. The molecule has 0 unspecified atom stereocenters. The number of nitrogens with zero attached hydrogens (tertiary/aromatic N) is 3. The molecule has 0 N–H and O–H groups in total. The van der Waals surface area contributed by atoms with Gasteiger partial charge in [-0.05, 0) is 18.2 Å². The zero-order chi connectivity index (χ0) is 22.9. The van der Waals surface area contributed by atoms with Crippen LogP contribution in [0.1, 0.15) is 10.6 Å². The number of amides is 1. The Hall–Kier alpha value is -2.92. The molecule has 11 heteroatoms.